The van der Waals surface area contributed by atoms with Gasteiger partial charge in [-0.1, -0.05) is 26.0 Å². The van der Waals surface area contributed by atoms with Crippen molar-refractivity contribution in [3.8, 4) is 0 Å². The number of carbonyl (C=O) groups excluding carboxylic acids is 1. The fourth-order valence-electron chi connectivity index (χ4n) is 2.78. The first-order chi connectivity index (χ1) is 12.1. The van der Waals surface area contributed by atoms with Crippen LogP contribution in [-0.2, 0) is 13.0 Å². The van der Waals surface area contributed by atoms with Gasteiger partial charge >= 0.3 is 0 Å². The summed E-state index contributed by atoms with van der Waals surface area (Å²) >= 11 is 0. The van der Waals surface area contributed by atoms with Gasteiger partial charge in [-0.05, 0) is 30.2 Å². The molecule has 1 aromatic carbocycles. The molecule has 3 rings (SSSR count). The molecule has 0 saturated heterocycles. The van der Waals surface area contributed by atoms with E-state index in [1.807, 2.05) is 12.1 Å². The molecule has 130 valence electrons. The lowest BCUT2D eigenvalue weighted by Crippen LogP contribution is -2.27. The lowest BCUT2D eigenvalue weighted by atomic mass is 10.2. The minimum atomic E-state index is -0.517. The van der Waals surface area contributed by atoms with E-state index < -0.39 is 11.7 Å². The number of nitrogens with zero attached hydrogens (tertiary/aromatic N) is 3. The monoisotopic (exact) mass is 340 g/mol. The molecule has 0 atom stereocenters. The van der Waals surface area contributed by atoms with Gasteiger partial charge < -0.3 is 9.88 Å². The van der Waals surface area contributed by atoms with E-state index in [2.05, 4.69) is 33.7 Å². The van der Waals surface area contributed by atoms with E-state index in [1.165, 1.54) is 12.1 Å². The van der Waals surface area contributed by atoms with Crippen LogP contribution in [0.4, 0.5) is 4.39 Å². The zero-order chi connectivity index (χ0) is 17.8. The van der Waals surface area contributed by atoms with Gasteiger partial charge in [-0.3, -0.25) is 4.79 Å². The summed E-state index contributed by atoms with van der Waals surface area (Å²) in [6, 6.07) is 9.75. The quantitative estimate of drug-likeness (QED) is 0.750. The molecule has 6 heteroatoms. The lowest BCUT2D eigenvalue weighted by Gasteiger charge is -2.11. The third-order valence-electron chi connectivity index (χ3n) is 3.88. The summed E-state index contributed by atoms with van der Waals surface area (Å²) in [5.74, 6) is 0.390. The zero-order valence-electron chi connectivity index (χ0n) is 14.4. The molecule has 0 radical (unpaired) electrons. The topological polar surface area (TPSA) is 59.8 Å². The number of halogens is 1. The number of fused-ring (bicyclic) bond motifs is 1. The number of amides is 1. The van der Waals surface area contributed by atoms with Gasteiger partial charge in [0.05, 0.1) is 5.56 Å². The van der Waals surface area contributed by atoms with Gasteiger partial charge in [-0.25, -0.2) is 14.4 Å². The SMILES string of the molecule is CC(C)Cn1c(CCNC(=O)c2ccccc2F)nc2cccnc21. The number of aromatic nitrogens is 3. The van der Waals surface area contributed by atoms with E-state index in [9.17, 15) is 9.18 Å². The molecule has 0 aliphatic carbocycles. The third-order valence-corrected chi connectivity index (χ3v) is 3.88. The molecule has 1 N–H and O–H groups in total. The van der Waals surface area contributed by atoms with Gasteiger partial charge in [-0.15, -0.1) is 0 Å². The van der Waals surface area contributed by atoms with Crippen molar-refractivity contribution >= 4 is 17.1 Å². The maximum Gasteiger partial charge on any atom is 0.254 e. The van der Waals surface area contributed by atoms with E-state index in [-0.39, 0.29) is 5.56 Å². The molecule has 25 heavy (non-hydrogen) atoms. The molecular formula is C19H21FN4O. The average molecular weight is 340 g/mol. The Morgan fingerprint density at radius 1 is 1.24 bits per heavy atom. The van der Waals surface area contributed by atoms with Gasteiger partial charge in [0.15, 0.2) is 5.65 Å². The van der Waals surface area contributed by atoms with Crippen LogP contribution in [0.5, 0.6) is 0 Å². The van der Waals surface area contributed by atoms with Crippen LogP contribution < -0.4 is 5.32 Å². The predicted octanol–water partition coefficient (Wildman–Crippen LogP) is 3.20. The Kier molecular flexibility index (Phi) is 5.07. The largest absolute Gasteiger partial charge is 0.351 e. The number of benzene rings is 1. The van der Waals surface area contributed by atoms with Crippen LogP contribution in [0, 0.1) is 11.7 Å². The summed E-state index contributed by atoms with van der Waals surface area (Å²) in [6.07, 6.45) is 2.31. The second kappa shape index (κ2) is 7.42. The molecule has 0 unspecified atom stereocenters. The smallest absolute Gasteiger partial charge is 0.254 e. The molecule has 0 aliphatic rings. The van der Waals surface area contributed by atoms with Crippen molar-refractivity contribution in [1.82, 2.24) is 19.9 Å². The normalized spacial score (nSPS) is 11.2. The van der Waals surface area contributed by atoms with Crippen LogP contribution in [0.2, 0.25) is 0 Å². The molecule has 0 spiro atoms. The highest BCUT2D eigenvalue weighted by Crippen LogP contribution is 2.16. The molecule has 2 heterocycles. The summed E-state index contributed by atoms with van der Waals surface area (Å²) in [6.45, 7) is 5.47. The second-order valence-corrected chi connectivity index (χ2v) is 6.36. The number of pyridine rings is 1. The van der Waals surface area contributed by atoms with Gasteiger partial charge in [0.25, 0.3) is 5.91 Å². The number of hydrogen-bond donors (Lipinski definition) is 1. The highest BCUT2D eigenvalue weighted by molar-refractivity contribution is 5.94. The Balaban J connectivity index is 1.73. The van der Waals surface area contributed by atoms with Gasteiger partial charge in [0.1, 0.15) is 17.2 Å². The molecule has 0 saturated carbocycles. The molecule has 3 aromatic rings. The first kappa shape index (κ1) is 17.1. The average Bonchev–Trinajstić information content (AvgIpc) is 2.92. The van der Waals surface area contributed by atoms with Gasteiger partial charge in [0.2, 0.25) is 0 Å². The Hall–Kier alpha value is -2.76. The Morgan fingerprint density at radius 2 is 2.04 bits per heavy atom. The number of rotatable bonds is 6. The third kappa shape index (κ3) is 3.84. The lowest BCUT2D eigenvalue weighted by molar-refractivity contribution is 0.0950. The van der Waals surface area contributed by atoms with Crippen molar-refractivity contribution in [2.45, 2.75) is 26.8 Å². The maximum absolute atomic E-state index is 13.7. The summed E-state index contributed by atoms with van der Waals surface area (Å²) in [5, 5.41) is 2.76. The minimum Gasteiger partial charge on any atom is -0.351 e. The molecule has 0 fully saturated rings. The van der Waals surface area contributed by atoms with Crippen LogP contribution in [0.15, 0.2) is 42.6 Å². The summed E-state index contributed by atoms with van der Waals surface area (Å²) in [7, 11) is 0. The maximum atomic E-state index is 13.7. The molecule has 0 bridgehead atoms. The fourth-order valence-corrected chi connectivity index (χ4v) is 2.78. The highest BCUT2D eigenvalue weighted by Gasteiger charge is 2.14. The van der Waals surface area contributed by atoms with Crippen molar-refractivity contribution in [2.24, 2.45) is 5.92 Å². The highest BCUT2D eigenvalue weighted by atomic mass is 19.1. The summed E-state index contributed by atoms with van der Waals surface area (Å²) < 4.78 is 15.7. The molecule has 0 aliphatic heterocycles. The number of nitrogens with one attached hydrogen (secondary N) is 1. The summed E-state index contributed by atoms with van der Waals surface area (Å²) in [4.78, 5) is 21.1. The van der Waals surface area contributed by atoms with E-state index in [0.717, 1.165) is 23.5 Å². The van der Waals surface area contributed by atoms with Crippen molar-refractivity contribution in [2.75, 3.05) is 6.54 Å². The van der Waals surface area contributed by atoms with Gasteiger partial charge in [0, 0.05) is 25.7 Å². The van der Waals surface area contributed by atoms with E-state index >= 15 is 0 Å². The van der Waals surface area contributed by atoms with Crippen molar-refractivity contribution in [3.63, 3.8) is 0 Å². The van der Waals surface area contributed by atoms with E-state index in [1.54, 1.807) is 18.3 Å². The van der Waals surface area contributed by atoms with Crippen LogP contribution in [-0.4, -0.2) is 27.0 Å². The van der Waals surface area contributed by atoms with Crippen LogP contribution >= 0.6 is 0 Å². The van der Waals surface area contributed by atoms with Crippen molar-refractivity contribution < 1.29 is 9.18 Å². The molecule has 5 nitrogen and oxygen atoms in total. The Bertz CT molecular complexity index is 888. The number of imidazole rings is 1. The molecular weight excluding hydrogens is 319 g/mol. The predicted molar refractivity (Wildman–Crippen MR) is 94.8 cm³/mol. The zero-order valence-corrected chi connectivity index (χ0v) is 14.4. The van der Waals surface area contributed by atoms with Crippen molar-refractivity contribution in [1.29, 1.82) is 0 Å². The first-order valence-corrected chi connectivity index (χ1v) is 8.39. The molecule has 2 aromatic heterocycles. The van der Waals surface area contributed by atoms with Crippen molar-refractivity contribution in [3.05, 3.63) is 59.8 Å². The van der Waals surface area contributed by atoms with Gasteiger partial charge in [-0.2, -0.15) is 0 Å². The van der Waals surface area contributed by atoms with E-state index in [0.29, 0.717) is 18.9 Å². The summed E-state index contributed by atoms with van der Waals surface area (Å²) in [5.41, 5.74) is 1.75. The minimum absolute atomic E-state index is 0.0554. The first-order valence-electron chi connectivity index (χ1n) is 8.39. The number of carbonyl (C=O) groups is 1. The fraction of sp³-hybridized carbons (Fsp3) is 0.316. The Morgan fingerprint density at radius 3 is 2.80 bits per heavy atom. The Labute approximate surface area is 145 Å². The van der Waals surface area contributed by atoms with Crippen LogP contribution in [0.3, 0.4) is 0 Å². The molecule has 1 amide bonds. The van der Waals surface area contributed by atoms with Crippen LogP contribution in [0.25, 0.3) is 11.2 Å². The number of hydrogen-bond acceptors (Lipinski definition) is 3. The standard InChI is InChI=1S/C19H21FN4O/c1-13(2)12-24-17(23-16-8-5-10-21-18(16)24)9-11-22-19(25)14-6-3-4-7-15(14)20/h3-8,10,13H,9,11-12H2,1-2H3,(H,22,25). The second-order valence-electron chi connectivity index (χ2n) is 6.36. The van der Waals surface area contributed by atoms with Crippen LogP contribution in [0.1, 0.15) is 30.0 Å². The van der Waals surface area contributed by atoms with E-state index in [4.69, 9.17) is 0 Å².